The first-order valence-electron chi connectivity index (χ1n) is 7.57. The van der Waals surface area contributed by atoms with Crippen LogP contribution in [0.1, 0.15) is 32.1 Å². The smallest absolute Gasteiger partial charge is 0.317 e. The summed E-state index contributed by atoms with van der Waals surface area (Å²) in [6, 6.07) is 9.83. The standard InChI is InChI=1S/C16H24N2O2/c19-16(18-12-6-1-2-7-13-18)17-11-8-14-20-15-9-4-3-5-10-15/h3-5,9-10H,1-2,6-8,11-14H2,(H,17,19). The predicted octanol–water partition coefficient (Wildman–Crippen LogP) is 3.04. The van der Waals surface area contributed by atoms with Crippen molar-refractivity contribution in [2.75, 3.05) is 26.2 Å². The summed E-state index contributed by atoms with van der Waals surface area (Å²) in [5.41, 5.74) is 0. The molecule has 1 fully saturated rings. The number of hydrogen-bond donors (Lipinski definition) is 1. The van der Waals surface area contributed by atoms with E-state index in [0.29, 0.717) is 13.2 Å². The van der Waals surface area contributed by atoms with Crippen LogP contribution in [0.5, 0.6) is 5.75 Å². The maximum atomic E-state index is 12.0. The van der Waals surface area contributed by atoms with E-state index in [2.05, 4.69) is 5.32 Å². The molecule has 4 heteroatoms. The first kappa shape index (κ1) is 14.7. The van der Waals surface area contributed by atoms with Gasteiger partial charge in [-0.2, -0.15) is 0 Å². The Hall–Kier alpha value is -1.71. The molecule has 20 heavy (non-hydrogen) atoms. The fraction of sp³-hybridized carbons (Fsp3) is 0.562. The number of amides is 2. The number of benzene rings is 1. The number of ether oxygens (including phenoxy) is 1. The van der Waals surface area contributed by atoms with Crippen molar-refractivity contribution in [1.29, 1.82) is 0 Å². The van der Waals surface area contributed by atoms with Crippen molar-refractivity contribution in [3.8, 4) is 5.75 Å². The van der Waals surface area contributed by atoms with Gasteiger partial charge >= 0.3 is 6.03 Å². The molecule has 0 unspecified atom stereocenters. The molecule has 0 radical (unpaired) electrons. The molecular weight excluding hydrogens is 252 g/mol. The first-order valence-corrected chi connectivity index (χ1v) is 7.57. The zero-order valence-electron chi connectivity index (χ0n) is 12.0. The Balaban J connectivity index is 1.57. The van der Waals surface area contributed by atoms with Gasteiger partial charge in [-0.3, -0.25) is 0 Å². The van der Waals surface area contributed by atoms with Crippen molar-refractivity contribution in [2.45, 2.75) is 32.1 Å². The van der Waals surface area contributed by atoms with Crippen LogP contribution in [0, 0.1) is 0 Å². The summed E-state index contributed by atoms with van der Waals surface area (Å²) in [6.45, 7) is 3.09. The van der Waals surface area contributed by atoms with Crippen molar-refractivity contribution in [2.24, 2.45) is 0 Å². The van der Waals surface area contributed by atoms with Crippen LogP contribution in [0.2, 0.25) is 0 Å². The summed E-state index contributed by atoms with van der Waals surface area (Å²) < 4.78 is 5.59. The van der Waals surface area contributed by atoms with E-state index in [9.17, 15) is 4.79 Å². The van der Waals surface area contributed by atoms with E-state index in [1.807, 2.05) is 35.2 Å². The highest BCUT2D eigenvalue weighted by Gasteiger charge is 2.14. The van der Waals surface area contributed by atoms with Crippen LogP contribution in [0.15, 0.2) is 30.3 Å². The molecule has 2 rings (SSSR count). The molecule has 1 aromatic rings. The van der Waals surface area contributed by atoms with E-state index in [1.165, 1.54) is 12.8 Å². The van der Waals surface area contributed by atoms with Crippen molar-refractivity contribution in [3.05, 3.63) is 30.3 Å². The molecule has 2 amide bonds. The largest absolute Gasteiger partial charge is 0.494 e. The number of carbonyl (C=O) groups is 1. The van der Waals surface area contributed by atoms with Gasteiger partial charge in [0, 0.05) is 19.6 Å². The van der Waals surface area contributed by atoms with Crippen molar-refractivity contribution in [3.63, 3.8) is 0 Å². The highest BCUT2D eigenvalue weighted by Crippen LogP contribution is 2.10. The molecule has 0 aliphatic carbocycles. The van der Waals surface area contributed by atoms with Gasteiger partial charge in [0.25, 0.3) is 0 Å². The predicted molar refractivity (Wildman–Crippen MR) is 80.0 cm³/mol. The fourth-order valence-electron chi connectivity index (χ4n) is 2.36. The second-order valence-electron chi connectivity index (χ2n) is 5.15. The van der Waals surface area contributed by atoms with Crippen LogP contribution in [-0.4, -0.2) is 37.2 Å². The molecule has 1 aliphatic heterocycles. The Morgan fingerprint density at radius 2 is 1.80 bits per heavy atom. The number of nitrogens with zero attached hydrogens (tertiary/aromatic N) is 1. The molecule has 1 aliphatic rings. The molecule has 0 aromatic heterocycles. The summed E-state index contributed by atoms with van der Waals surface area (Å²) in [7, 11) is 0. The lowest BCUT2D eigenvalue weighted by molar-refractivity contribution is 0.198. The number of para-hydroxylation sites is 1. The van der Waals surface area contributed by atoms with Crippen LogP contribution in [-0.2, 0) is 0 Å². The Bertz CT molecular complexity index is 387. The Morgan fingerprint density at radius 1 is 1.10 bits per heavy atom. The monoisotopic (exact) mass is 276 g/mol. The average molecular weight is 276 g/mol. The third-order valence-corrected chi connectivity index (χ3v) is 3.50. The van der Waals surface area contributed by atoms with E-state index in [1.54, 1.807) is 0 Å². The summed E-state index contributed by atoms with van der Waals surface area (Å²) in [5, 5.41) is 2.97. The van der Waals surface area contributed by atoms with E-state index in [-0.39, 0.29) is 6.03 Å². The fourth-order valence-corrected chi connectivity index (χ4v) is 2.36. The quantitative estimate of drug-likeness (QED) is 0.840. The molecule has 0 saturated carbocycles. The Morgan fingerprint density at radius 3 is 2.50 bits per heavy atom. The van der Waals surface area contributed by atoms with Gasteiger partial charge in [-0.05, 0) is 31.4 Å². The minimum atomic E-state index is 0.0756. The van der Waals surface area contributed by atoms with Crippen LogP contribution in [0.3, 0.4) is 0 Å². The van der Waals surface area contributed by atoms with Crippen LogP contribution >= 0.6 is 0 Å². The van der Waals surface area contributed by atoms with E-state index in [4.69, 9.17) is 4.74 Å². The molecule has 0 spiro atoms. The van der Waals surface area contributed by atoms with Crippen molar-refractivity contribution >= 4 is 6.03 Å². The molecule has 110 valence electrons. The van der Waals surface area contributed by atoms with Gasteiger partial charge in [-0.1, -0.05) is 31.0 Å². The molecule has 0 atom stereocenters. The summed E-state index contributed by atoms with van der Waals surface area (Å²) >= 11 is 0. The van der Waals surface area contributed by atoms with Gasteiger partial charge in [0.2, 0.25) is 0 Å². The maximum absolute atomic E-state index is 12.0. The van der Waals surface area contributed by atoms with Crippen LogP contribution < -0.4 is 10.1 Å². The normalized spacial score (nSPS) is 15.5. The van der Waals surface area contributed by atoms with E-state index < -0.39 is 0 Å². The second kappa shape index (κ2) is 8.46. The van der Waals surface area contributed by atoms with Gasteiger partial charge in [0.15, 0.2) is 0 Å². The first-order chi connectivity index (χ1) is 9.86. The highest BCUT2D eigenvalue weighted by atomic mass is 16.5. The summed E-state index contributed by atoms with van der Waals surface area (Å²) in [4.78, 5) is 13.9. The zero-order valence-corrected chi connectivity index (χ0v) is 12.0. The molecule has 0 bridgehead atoms. The topological polar surface area (TPSA) is 41.6 Å². The Kier molecular flexibility index (Phi) is 6.21. The van der Waals surface area contributed by atoms with Gasteiger partial charge < -0.3 is 15.0 Å². The molecule has 1 heterocycles. The lowest BCUT2D eigenvalue weighted by Gasteiger charge is -2.20. The summed E-state index contributed by atoms with van der Waals surface area (Å²) in [5.74, 6) is 0.881. The van der Waals surface area contributed by atoms with E-state index >= 15 is 0 Å². The van der Waals surface area contributed by atoms with Gasteiger partial charge in [-0.15, -0.1) is 0 Å². The van der Waals surface area contributed by atoms with Gasteiger partial charge in [0.1, 0.15) is 5.75 Å². The third kappa shape index (κ3) is 5.11. The average Bonchev–Trinajstić information content (AvgIpc) is 2.77. The minimum absolute atomic E-state index is 0.0756. The number of likely N-dealkylation sites (tertiary alicyclic amines) is 1. The summed E-state index contributed by atoms with van der Waals surface area (Å²) in [6.07, 6.45) is 5.58. The maximum Gasteiger partial charge on any atom is 0.317 e. The van der Waals surface area contributed by atoms with Gasteiger partial charge in [-0.25, -0.2) is 4.79 Å². The molecular formula is C16H24N2O2. The minimum Gasteiger partial charge on any atom is -0.494 e. The lowest BCUT2D eigenvalue weighted by Crippen LogP contribution is -2.41. The van der Waals surface area contributed by atoms with Crippen LogP contribution in [0.25, 0.3) is 0 Å². The van der Waals surface area contributed by atoms with Gasteiger partial charge in [0.05, 0.1) is 6.61 Å². The highest BCUT2D eigenvalue weighted by molar-refractivity contribution is 5.74. The lowest BCUT2D eigenvalue weighted by atomic mass is 10.2. The number of urea groups is 1. The second-order valence-corrected chi connectivity index (χ2v) is 5.15. The molecule has 1 saturated heterocycles. The van der Waals surface area contributed by atoms with Crippen molar-refractivity contribution < 1.29 is 9.53 Å². The molecule has 1 N–H and O–H groups in total. The number of hydrogen-bond acceptors (Lipinski definition) is 2. The SMILES string of the molecule is O=C(NCCCOc1ccccc1)N1CCCCCC1. The number of nitrogens with one attached hydrogen (secondary N) is 1. The number of carbonyl (C=O) groups excluding carboxylic acids is 1. The molecule has 4 nitrogen and oxygen atoms in total. The van der Waals surface area contributed by atoms with Crippen LogP contribution in [0.4, 0.5) is 4.79 Å². The van der Waals surface area contributed by atoms with Crippen molar-refractivity contribution in [1.82, 2.24) is 10.2 Å². The zero-order chi connectivity index (χ0) is 14.0. The Labute approximate surface area is 121 Å². The van der Waals surface area contributed by atoms with E-state index in [0.717, 1.165) is 38.1 Å². The molecule has 1 aromatic carbocycles. The number of rotatable bonds is 5. The third-order valence-electron chi connectivity index (χ3n) is 3.50.